The summed E-state index contributed by atoms with van der Waals surface area (Å²) in [4.78, 5) is 59.4. The van der Waals surface area contributed by atoms with Crippen molar-refractivity contribution in [2.24, 2.45) is 17.6 Å². The Kier molecular flexibility index (Phi) is 12.3. The van der Waals surface area contributed by atoms with E-state index in [1.807, 2.05) is 32.6 Å². The highest BCUT2D eigenvalue weighted by atomic mass is 19.4. The average Bonchev–Trinajstić information content (AvgIpc) is 3.50. The van der Waals surface area contributed by atoms with Crippen LogP contribution in [0.4, 0.5) is 26.3 Å². The number of nitrogens with two attached hydrogens (primary N) is 1. The SMILES string of the molecule is CC(C)C(N)C(=O)N1CCCC1C(=O)NC(C(C)C)C1(N2CCCC2C(=O)NC(CC(=O)N2CCn3c(nnc3C(F)(F)F)C2)Cc2cc(F)c(F)cc2F)CO1. The molecule has 0 spiro atoms. The third-order valence-electron chi connectivity index (χ3n) is 11.5. The molecule has 6 rings (SSSR count). The number of hydrogen-bond donors (Lipinski definition) is 3. The Balaban J connectivity index is 1.18. The zero-order valence-electron chi connectivity index (χ0n) is 32.3. The highest BCUT2D eigenvalue weighted by Crippen LogP contribution is 2.43. The highest BCUT2D eigenvalue weighted by Gasteiger charge is 2.61. The molecule has 0 aliphatic carbocycles. The number of epoxide rings is 1. The molecule has 0 saturated carbocycles. The van der Waals surface area contributed by atoms with Gasteiger partial charge in [0, 0.05) is 44.7 Å². The third kappa shape index (κ3) is 8.77. The standard InChI is InChI=1S/C37H49F6N9O5/c1-19(2)30(44)34(56)50-9-5-7-26(50)32(54)46-31(20(3)4)36(18-57-36)52-10-6-8-27(52)33(55)45-22(13-21-14-24(39)25(40)16-23(21)38)15-29(53)49-11-12-51-28(17-49)47-48-35(51)37(41,42)43/h14,16,19-20,22,26-27,30-31H,5-13,15,17-18,44H2,1-4H3,(H,45,55)(H,46,54). The van der Waals surface area contributed by atoms with Crippen LogP contribution in [0.2, 0.25) is 0 Å². The van der Waals surface area contributed by atoms with Crippen molar-refractivity contribution in [3.8, 4) is 0 Å². The van der Waals surface area contributed by atoms with E-state index in [1.54, 1.807) is 0 Å². The zero-order valence-corrected chi connectivity index (χ0v) is 32.3. The molecule has 5 heterocycles. The summed E-state index contributed by atoms with van der Waals surface area (Å²) in [6.45, 7) is 7.77. The van der Waals surface area contributed by atoms with E-state index < -0.39 is 90.0 Å². The number of halogens is 6. The summed E-state index contributed by atoms with van der Waals surface area (Å²) in [5, 5.41) is 12.8. The van der Waals surface area contributed by atoms with Crippen molar-refractivity contribution < 1.29 is 50.3 Å². The first-order valence-corrected chi connectivity index (χ1v) is 19.3. The van der Waals surface area contributed by atoms with E-state index in [4.69, 9.17) is 10.5 Å². The molecule has 0 bridgehead atoms. The number of hydrogen-bond acceptors (Lipinski definition) is 9. The lowest BCUT2D eigenvalue weighted by molar-refractivity contribution is -0.148. The summed E-state index contributed by atoms with van der Waals surface area (Å²) in [6.07, 6.45) is -3.61. The van der Waals surface area contributed by atoms with Crippen LogP contribution in [0.1, 0.15) is 77.0 Å². The molecule has 0 radical (unpaired) electrons. The molecule has 4 N–H and O–H groups in total. The van der Waals surface area contributed by atoms with Crippen LogP contribution >= 0.6 is 0 Å². The van der Waals surface area contributed by atoms with E-state index in [0.717, 1.165) is 4.57 Å². The van der Waals surface area contributed by atoms with Gasteiger partial charge in [-0.25, -0.2) is 13.2 Å². The lowest BCUT2D eigenvalue weighted by Crippen LogP contribution is -2.63. The fourth-order valence-electron chi connectivity index (χ4n) is 8.30. The molecule has 6 atom stereocenters. The van der Waals surface area contributed by atoms with E-state index in [-0.39, 0.29) is 61.3 Å². The number of carbonyl (C=O) groups is 4. The van der Waals surface area contributed by atoms with Crippen LogP contribution in [0.25, 0.3) is 0 Å². The zero-order chi connectivity index (χ0) is 41.6. The van der Waals surface area contributed by atoms with Gasteiger partial charge in [0.2, 0.25) is 29.5 Å². The second kappa shape index (κ2) is 16.5. The Morgan fingerprint density at radius 3 is 2.19 bits per heavy atom. The molecule has 3 saturated heterocycles. The molecule has 2 aromatic rings. The predicted octanol–water partition coefficient (Wildman–Crippen LogP) is 2.48. The summed E-state index contributed by atoms with van der Waals surface area (Å²) >= 11 is 0. The molecule has 4 aliphatic heterocycles. The van der Waals surface area contributed by atoms with Crippen molar-refractivity contribution in [3.63, 3.8) is 0 Å². The highest BCUT2D eigenvalue weighted by molar-refractivity contribution is 5.90. The molecule has 4 aliphatic rings. The molecule has 314 valence electrons. The Labute approximate surface area is 325 Å². The van der Waals surface area contributed by atoms with Gasteiger partial charge < -0.3 is 35.5 Å². The van der Waals surface area contributed by atoms with Crippen LogP contribution < -0.4 is 16.4 Å². The number of aromatic nitrogens is 3. The summed E-state index contributed by atoms with van der Waals surface area (Å²) in [5.41, 5.74) is 4.77. The number of nitrogens with one attached hydrogen (secondary N) is 2. The van der Waals surface area contributed by atoms with E-state index >= 15 is 0 Å². The van der Waals surface area contributed by atoms with Gasteiger partial charge in [-0.2, -0.15) is 13.2 Å². The largest absolute Gasteiger partial charge is 0.451 e. The van der Waals surface area contributed by atoms with E-state index in [9.17, 15) is 45.5 Å². The Morgan fingerprint density at radius 2 is 1.54 bits per heavy atom. The van der Waals surface area contributed by atoms with E-state index in [1.165, 1.54) is 9.80 Å². The minimum atomic E-state index is -4.75. The number of nitrogens with zero attached hydrogens (tertiary/aromatic N) is 6. The summed E-state index contributed by atoms with van der Waals surface area (Å²) in [7, 11) is 0. The first-order valence-electron chi connectivity index (χ1n) is 19.3. The summed E-state index contributed by atoms with van der Waals surface area (Å²) < 4.78 is 90.2. The van der Waals surface area contributed by atoms with Crippen LogP contribution in [0, 0.1) is 29.3 Å². The van der Waals surface area contributed by atoms with Gasteiger partial charge in [0.1, 0.15) is 11.9 Å². The molecule has 20 heteroatoms. The Bertz CT molecular complexity index is 1850. The lowest BCUT2D eigenvalue weighted by atomic mass is 9.93. The molecule has 1 aromatic heterocycles. The second-order valence-corrected chi connectivity index (χ2v) is 16.1. The minimum Gasteiger partial charge on any atom is -0.351 e. The van der Waals surface area contributed by atoms with Gasteiger partial charge in [0.15, 0.2) is 23.2 Å². The molecule has 4 amide bonds. The van der Waals surface area contributed by atoms with Crippen LogP contribution in [-0.2, 0) is 49.6 Å². The topological polar surface area (TPSA) is 171 Å². The second-order valence-electron chi connectivity index (χ2n) is 16.1. The Hall–Kier alpha value is -4.30. The normalized spacial score (nSPS) is 24.1. The first-order chi connectivity index (χ1) is 26.8. The van der Waals surface area contributed by atoms with Gasteiger partial charge in [-0.3, -0.25) is 24.1 Å². The number of rotatable bonds is 13. The molecule has 3 fully saturated rings. The fourth-order valence-corrected chi connectivity index (χ4v) is 8.30. The fraction of sp³-hybridized carbons (Fsp3) is 0.676. The average molecular weight is 814 g/mol. The minimum absolute atomic E-state index is 0.0938. The van der Waals surface area contributed by atoms with Crippen molar-refractivity contribution >= 4 is 23.6 Å². The maximum Gasteiger partial charge on any atom is 0.451 e. The number of ether oxygens (including phenoxy) is 1. The van der Waals surface area contributed by atoms with E-state index in [0.29, 0.717) is 50.9 Å². The van der Waals surface area contributed by atoms with Crippen LogP contribution in [0.15, 0.2) is 12.1 Å². The molecule has 57 heavy (non-hydrogen) atoms. The number of benzene rings is 1. The number of alkyl halides is 3. The predicted molar refractivity (Wildman–Crippen MR) is 190 cm³/mol. The number of fused-ring (bicyclic) bond motifs is 1. The van der Waals surface area contributed by atoms with Gasteiger partial charge >= 0.3 is 6.18 Å². The van der Waals surface area contributed by atoms with Crippen molar-refractivity contribution in [2.75, 3.05) is 26.2 Å². The maximum absolute atomic E-state index is 14.9. The maximum atomic E-state index is 14.9. The van der Waals surface area contributed by atoms with E-state index in [2.05, 4.69) is 20.8 Å². The van der Waals surface area contributed by atoms with Gasteiger partial charge in [-0.15, -0.1) is 10.2 Å². The molecular formula is C37H49F6N9O5. The smallest absolute Gasteiger partial charge is 0.351 e. The molecule has 6 unspecified atom stereocenters. The van der Waals surface area contributed by atoms with Crippen molar-refractivity contribution in [1.29, 1.82) is 0 Å². The van der Waals surface area contributed by atoms with Crippen molar-refractivity contribution in [2.45, 2.75) is 121 Å². The van der Waals surface area contributed by atoms with Gasteiger partial charge in [-0.05, 0) is 55.6 Å². The number of amides is 4. The first kappa shape index (κ1) is 42.3. The van der Waals surface area contributed by atoms with Crippen molar-refractivity contribution in [3.05, 3.63) is 46.8 Å². The van der Waals surface area contributed by atoms with Gasteiger partial charge in [0.05, 0.1) is 31.3 Å². The van der Waals surface area contributed by atoms with Crippen LogP contribution in [0.3, 0.4) is 0 Å². The summed E-state index contributed by atoms with van der Waals surface area (Å²) in [5.74, 6) is -7.25. The van der Waals surface area contributed by atoms with Gasteiger partial charge in [0.25, 0.3) is 0 Å². The van der Waals surface area contributed by atoms with Crippen LogP contribution in [-0.4, -0.2) is 115 Å². The van der Waals surface area contributed by atoms with Crippen molar-refractivity contribution in [1.82, 2.24) is 40.1 Å². The summed E-state index contributed by atoms with van der Waals surface area (Å²) in [6, 6.07) is -3.06. The third-order valence-corrected chi connectivity index (χ3v) is 11.5. The quantitative estimate of drug-likeness (QED) is 0.156. The number of carbonyl (C=O) groups excluding carboxylic acids is 4. The molecular weight excluding hydrogens is 764 g/mol. The van der Waals surface area contributed by atoms with Gasteiger partial charge in [-0.1, -0.05) is 27.7 Å². The molecule has 14 nitrogen and oxygen atoms in total. The lowest BCUT2D eigenvalue weighted by Gasteiger charge is -2.39. The van der Waals surface area contributed by atoms with Crippen LogP contribution in [0.5, 0.6) is 0 Å². The Morgan fingerprint density at radius 1 is 0.895 bits per heavy atom. The molecule has 1 aromatic carbocycles. The number of likely N-dealkylation sites (tertiary alicyclic amines) is 2. The monoisotopic (exact) mass is 813 g/mol.